The van der Waals surface area contributed by atoms with Crippen LogP contribution in [0.2, 0.25) is 0 Å². The molecule has 0 radical (unpaired) electrons. The molecule has 96 valence electrons. The van der Waals surface area contributed by atoms with E-state index in [1.54, 1.807) is 6.07 Å². The first-order valence-corrected chi connectivity index (χ1v) is 5.95. The zero-order chi connectivity index (χ0) is 12.7. The van der Waals surface area contributed by atoms with Crippen LogP contribution in [-0.2, 0) is 6.42 Å². The van der Waals surface area contributed by atoms with Gasteiger partial charge in [-0.05, 0) is 12.8 Å². The van der Waals surface area contributed by atoms with Crippen molar-refractivity contribution in [3.05, 3.63) is 11.9 Å². The maximum atomic E-state index is 9.14. The van der Waals surface area contributed by atoms with E-state index >= 15 is 0 Å². The number of hydrazine groups is 1. The molecule has 1 atom stereocenters. The van der Waals surface area contributed by atoms with Gasteiger partial charge in [0.25, 0.3) is 0 Å². The van der Waals surface area contributed by atoms with E-state index in [0.29, 0.717) is 11.6 Å². The SMILES string of the molecule is CCCc1nc(NN)cc(NC(CC)CO)n1. The molecule has 0 amide bonds. The smallest absolute Gasteiger partial charge is 0.145 e. The number of hydrogen-bond acceptors (Lipinski definition) is 6. The number of aryl methyl sites for hydroxylation is 1. The van der Waals surface area contributed by atoms with E-state index < -0.39 is 0 Å². The van der Waals surface area contributed by atoms with Crippen molar-refractivity contribution in [2.75, 3.05) is 17.3 Å². The second-order valence-electron chi connectivity index (χ2n) is 3.88. The van der Waals surface area contributed by atoms with Crippen molar-refractivity contribution < 1.29 is 5.11 Å². The van der Waals surface area contributed by atoms with Crippen LogP contribution in [0.3, 0.4) is 0 Å². The van der Waals surface area contributed by atoms with Gasteiger partial charge >= 0.3 is 0 Å². The number of rotatable bonds is 7. The van der Waals surface area contributed by atoms with Gasteiger partial charge in [-0.1, -0.05) is 13.8 Å². The highest BCUT2D eigenvalue weighted by molar-refractivity contribution is 5.47. The number of nitrogens with two attached hydrogens (primary N) is 1. The third kappa shape index (κ3) is 4.16. The first-order chi connectivity index (χ1) is 8.23. The fourth-order valence-corrected chi connectivity index (χ4v) is 1.47. The van der Waals surface area contributed by atoms with Gasteiger partial charge in [-0.2, -0.15) is 0 Å². The highest BCUT2D eigenvalue weighted by Crippen LogP contribution is 2.13. The minimum Gasteiger partial charge on any atom is -0.394 e. The average molecular weight is 239 g/mol. The molecule has 0 fully saturated rings. The summed E-state index contributed by atoms with van der Waals surface area (Å²) in [6.45, 7) is 4.15. The van der Waals surface area contributed by atoms with Crippen molar-refractivity contribution in [1.82, 2.24) is 9.97 Å². The molecule has 1 rings (SSSR count). The van der Waals surface area contributed by atoms with Crippen LogP contribution in [-0.4, -0.2) is 27.7 Å². The number of hydrogen-bond donors (Lipinski definition) is 4. The van der Waals surface area contributed by atoms with Gasteiger partial charge in [0.1, 0.15) is 17.5 Å². The summed E-state index contributed by atoms with van der Waals surface area (Å²) in [6, 6.07) is 1.74. The molecule has 0 saturated carbocycles. The zero-order valence-electron chi connectivity index (χ0n) is 10.4. The lowest BCUT2D eigenvalue weighted by Crippen LogP contribution is -2.24. The number of nitrogen functional groups attached to an aromatic ring is 1. The van der Waals surface area contributed by atoms with Crippen molar-refractivity contribution in [2.24, 2.45) is 5.84 Å². The van der Waals surface area contributed by atoms with E-state index in [1.165, 1.54) is 0 Å². The lowest BCUT2D eigenvalue weighted by molar-refractivity contribution is 0.271. The normalized spacial score (nSPS) is 12.2. The zero-order valence-corrected chi connectivity index (χ0v) is 10.4. The highest BCUT2D eigenvalue weighted by atomic mass is 16.3. The lowest BCUT2D eigenvalue weighted by atomic mass is 10.2. The Morgan fingerprint density at radius 2 is 2.06 bits per heavy atom. The summed E-state index contributed by atoms with van der Waals surface area (Å²) in [7, 11) is 0. The summed E-state index contributed by atoms with van der Waals surface area (Å²) >= 11 is 0. The monoisotopic (exact) mass is 239 g/mol. The second-order valence-corrected chi connectivity index (χ2v) is 3.88. The van der Waals surface area contributed by atoms with Crippen molar-refractivity contribution in [3.8, 4) is 0 Å². The van der Waals surface area contributed by atoms with Crippen LogP contribution in [0.25, 0.3) is 0 Å². The lowest BCUT2D eigenvalue weighted by Gasteiger charge is -2.15. The third-order valence-corrected chi connectivity index (χ3v) is 2.46. The third-order valence-electron chi connectivity index (χ3n) is 2.46. The Bertz CT molecular complexity index is 341. The predicted octanol–water partition coefficient (Wildman–Crippen LogP) is 0.897. The van der Waals surface area contributed by atoms with E-state index in [4.69, 9.17) is 10.9 Å². The molecule has 0 aliphatic carbocycles. The summed E-state index contributed by atoms with van der Waals surface area (Å²) < 4.78 is 0. The molecule has 0 spiro atoms. The molecule has 6 nitrogen and oxygen atoms in total. The highest BCUT2D eigenvalue weighted by Gasteiger charge is 2.08. The Balaban J connectivity index is 2.85. The molecule has 1 heterocycles. The molecule has 1 aromatic heterocycles. The fraction of sp³-hybridized carbons (Fsp3) is 0.636. The van der Waals surface area contributed by atoms with Crippen LogP contribution in [0.1, 0.15) is 32.5 Å². The Kier molecular flexibility index (Phi) is 5.65. The van der Waals surface area contributed by atoms with Crippen LogP contribution in [0.15, 0.2) is 6.07 Å². The van der Waals surface area contributed by atoms with E-state index in [9.17, 15) is 0 Å². The van der Waals surface area contributed by atoms with Gasteiger partial charge in [-0.3, -0.25) is 0 Å². The largest absolute Gasteiger partial charge is 0.394 e. The number of nitrogens with zero attached hydrogens (tertiary/aromatic N) is 2. The Labute approximate surface area is 102 Å². The number of aliphatic hydroxyl groups excluding tert-OH is 1. The van der Waals surface area contributed by atoms with E-state index in [-0.39, 0.29) is 12.6 Å². The van der Waals surface area contributed by atoms with Gasteiger partial charge in [-0.15, -0.1) is 0 Å². The van der Waals surface area contributed by atoms with Crippen molar-refractivity contribution in [1.29, 1.82) is 0 Å². The van der Waals surface area contributed by atoms with Gasteiger partial charge in [0.15, 0.2) is 0 Å². The number of nitrogens with one attached hydrogen (secondary N) is 2. The minimum atomic E-state index is 0.00463. The van der Waals surface area contributed by atoms with Crippen molar-refractivity contribution in [3.63, 3.8) is 0 Å². The quantitative estimate of drug-likeness (QED) is 0.417. The molecule has 0 saturated heterocycles. The van der Waals surface area contributed by atoms with Crippen LogP contribution in [0.5, 0.6) is 0 Å². The minimum absolute atomic E-state index is 0.00463. The van der Waals surface area contributed by atoms with E-state index in [0.717, 1.165) is 25.1 Å². The van der Waals surface area contributed by atoms with Crippen LogP contribution in [0.4, 0.5) is 11.6 Å². The Morgan fingerprint density at radius 3 is 2.59 bits per heavy atom. The molecule has 0 bridgehead atoms. The van der Waals surface area contributed by atoms with Gasteiger partial charge in [0.2, 0.25) is 0 Å². The summed E-state index contributed by atoms with van der Waals surface area (Å²) in [4.78, 5) is 8.63. The molecule has 17 heavy (non-hydrogen) atoms. The van der Waals surface area contributed by atoms with Gasteiger partial charge < -0.3 is 15.8 Å². The standard InChI is InChI=1S/C11H21N5O/c1-3-5-9-14-10(6-11(15-9)16-12)13-8(4-2)7-17/h6,8,17H,3-5,7,12H2,1-2H3,(H2,13,14,15,16). The molecule has 0 aromatic carbocycles. The molecule has 6 heteroatoms. The summed E-state index contributed by atoms with van der Waals surface area (Å²) in [6.07, 6.45) is 2.61. The number of aromatic nitrogens is 2. The molecule has 5 N–H and O–H groups in total. The van der Waals surface area contributed by atoms with E-state index in [1.807, 2.05) is 6.92 Å². The molecule has 1 unspecified atom stereocenters. The first-order valence-electron chi connectivity index (χ1n) is 5.95. The average Bonchev–Trinajstić information content (AvgIpc) is 2.36. The summed E-state index contributed by atoms with van der Waals surface area (Å²) in [5.41, 5.74) is 2.52. The Morgan fingerprint density at radius 1 is 1.35 bits per heavy atom. The second kappa shape index (κ2) is 7.03. The molecule has 1 aromatic rings. The Hall–Kier alpha value is -1.40. The maximum Gasteiger partial charge on any atom is 0.145 e. The fourth-order valence-electron chi connectivity index (χ4n) is 1.47. The van der Waals surface area contributed by atoms with Gasteiger partial charge in [0, 0.05) is 12.5 Å². The van der Waals surface area contributed by atoms with Crippen LogP contribution >= 0.6 is 0 Å². The number of aliphatic hydroxyl groups is 1. The predicted molar refractivity (Wildman–Crippen MR) is 68.6 cm³/mol. The van der Waals surface area contributed by atoms with Gasteiger partial charge in [0.05, 0.1) is 12.6 Å². The van der Waals surface area contributed by atoms with E-state index in [2.05, 4.69) is 27.6 Å². The van der Waals surface area contributed by atoms with Crippen LogP contribution < -0.4 is 16.6 Å². The topological polar surface area (TPSA) is 96.1 Å². The van der Waals surface area contributed by atoms with Crippen LogP contribution in [0, 0.1) is 0 Å². The van der Waals surface area contributed by atoms with Crippen molar-refractivity contribution in [2.45, 2.75) is 39.2 Å². The number of anilines is 2. The van der Waals surface area contributed by atoms with Gasteiger partial charge in [-0.25, -0.2) is 15.8 Å². The maximum absolute atomic E-state index is 9.14. The molecule has 0 aliphatic rings. The summed E-state index contributed by atoms with van der Waals surface area (Å²) in [5.74, 6) is 7.38. The molecular weight excluding hydrogens is 218 g/mol. The first kappa shape index (κ1) is 13.7. The summed E-state index contributed by atoms with van der Waals surface area (Å²) in [5, 5.41) is 12.3. The molecule has 0 aliphatic heterocycles. The molecular formula is C11H21N5O. The van der Waals surface area contributed by atoms with Crippen molar-refractivity contribution >= 4 is 11.6 Å².